The van der Waals surface area contributed by atoms with E-state index in [4.69, 9.17) is 5.26 Å². The average Bonchev–Trinajstić information content (AvgIpc) is 2.81. The minimum Gasteiger partial charge on any atom is -0.382 e. The first-order valence-corrected chi connectivity index (χ1v) is 11.8. The van der Waals surface area contributed by atoms with E-state index in [0.29, 0.717) is 31.2 Å². The molecule has 0 aromatic heterocycles. The monoisotopic (exact) mass is 485 g/mol. The third-order valence-electron chi connectivity index (χ3n) is 6.55. The summed E-state index contributed by atoms with van der Waals surface area (Å²) >= 11 is 0. The van der Waals surface area contributed by atoms with Crippen LogP contribution in [0.2, 0.25) is 0 Å². The fraction of sp³-hybridized carbons (Fsp3) is 0.462. The Bertz CT molecular complexity index is 1000. The Labute approximate surface area is 207 Å². The van der Waals surface area contributed by atoms with Crippen molar-refractivity contribution in [2.45, 2.75) is 44.8 Å². The molecule has 6 nitrogen and oxygen atoms in total. The van der Waals surface area contributed by atoms with Gasteiger partial charge in [0.05, 0.1) is 12.0 Å². The quantitative estimate of drug-likeness (QED) is 0.654. The summed E-state index contributed by atoms with van der Waals surface area (Å²) in [7, 11) is 0. The first-order chi connectivity index (χ1) is 16.0. The van der Waals surface area contributed by atoms with Crippen molar-refractivity contribution in [2.75, 3.05) is 38.0 Å². The van der Waals surface area contributed by atoms with Gasteiger partial charge in [0.15, 0.2) is 0 Å². The minimum absolute atomic E-state index is 0. The fourth-order valence-corrected chi connectivity index (χ4v) is 4.67. The number of anilines is 1. The van der Waals surface area contributed by atoms with Crippen LogP contribution in [0.4, 0.5) is 10.1 Å². The Hall–Kier alpha value is -2.66. The molecule has 2 aliphatic rings. The molecule has 1 amide bonds. The number of piperazine rings is 1. The molecule has 2 aliphatic heterocycles. The van der Waals surface area contributed by atoms with Crippen LogP contribution in [0.3, 0.4) is 0 Å². The van der Waals surface area contributed by atoms with Crippen LogP contribution < -0.4 is 10.6 Å². The predicted octanol–water partition coefficient (Wildman–Crippen LogP) is 3.56. The van der Waals surface area contributed by atoms with Crippen LogP contribution in [-0.4, -0.2) is 60.5 Å². The Balaban J connectivity index is 0.00000324. The number of nitrogens with one attached hydrogen (secondary N) is 2. The third kappa shape index (κ3) is 6.92. The van der Waals surface area contributed by atoms with E-state index < -0.39 is 5.82 Å². The maximum absolute atomic E-state index is 13.8. The number of nitrogens with zero attached hydrogens (tertiary/aromatic N) is 3. The number of carbonyl (C=O) groups is 1. The van der Waals surface area contributed by atoms with Gasteiger partial charge in [-0.2, -0.15) is 5.26 Å². The first kappa shape index (κ1) is 26.0. The van der Waals surface area contributed by atoms with Crippen LogP contribution in [0, 0.1) is 17.1 Å². The third-order valence-corrected chi connectivity index (χ3v) is 6.55. The molecule has 0 unspecified atom stereocenters. The molecule has 2 saturated heterocycles. The van der Waals surface area contributed by atoms with Gasteiger partial charge >= 0.3 is 0 Å². The highest BCUT2D eigenvalue weighted by atomic mass is 35.5. The highest BCUT2D eigenvalue weighted by molar-refractivity contribution is 5.85. The summed E-state index contributed by atoms with van der Waals surface area (Å²) in [6.45, 7) is 7.70. The lowest BCUT2D eigenvalue weighted by atomic mass is 10.0. The molecule has 2 N–H and O–H groups in total. The summed E-state index contributed by atoms with van der Waals surface area (Å²) in [6.07, 6.45) is 2.05. The zero-order valence-electron chi connectivity index (χ0n) is 19.6. The number of carbonyl (C=O) groups excluding carboxylic acids is 1. The number of nitriles is 1. The molecule has 0 bridgehead atoms. The van der Waals surface area contributed by atoms with E-state index in [0.717, 1.165) is 44.6 Å². The molecule has 2 aromatic rings. The minimum atomic E-state index is -0.511. The normalized spacial score (nSPS) is 19.2. The molecular weight excluding hydrogens is 453 g/mol. The number of amides is 1. The second-order valence-corrected chi connectivity index (χ2v) is 9.19. The topological polar surface area (TPSA) is 71.4 Å². The lowest BCUT2D eigenvalue weighted by Crippen LogP contribution is -2.48. The van der Waals surface area contributed by atoms with Crippen molar-refractivity contribution in [3.63, 3.8) is 0 Å². The smallest absolute Gasteiger partial charge is 0.226 e. The number of rotatable bonds is 6. The molecule has 182 valence electrons. The SMILES string of the molecule is C[C@H]1CN(Cc2ccc(CC(=O)N3CCC(Nc4ccc(C#N)c(F)c4)CC3)cc2)CCN1.Cl. The van der Waals surface area contributed by atoms with Crippen LogP contribution >= 0.6 is 12.4 Å². The number of likely N-dealkylation sites (tertiary alicyclic amines) is 1. The van der Waals surface area contributed by atoms with Gasteiger partial charge in [-0.25, -0.2) is 4.39 Å². The molecule has 0 aliphatic carbocycles. The Kier molecular flexibility index (Phi) is 9.28. The molecule has 4 rings (SSSR count). The number of hydrogen-bond donors (Lipinski definition) is 2. The lowest BCUT2D eigenvalue weighted by molar-refractivity contribution is -0.131. The molecule has 2 heterocycles. The summed E-state index contributed by atoms with van der Waals surface area (Å²) < 4.78 is 13.8. The van der Waals surface area contributed by atoms with Crippen LogP contribution in [0.5, 0.6) is 0 Å². The summed E-state index contributed by atoms with van der Waals surface area (Å²) in [4.78, 5) is 17.2. The molecule has 2 aromatic carbocycles. The summed E-state index contributed by atoms with van der Waals surface area (Å²) in [5.74, 6) is -0.356. The zero-order chi connectivity index (χ0) is 23.2. The largest absolute Gasteiger partial charge is 0.382 e. The lowest BCUT2D eigenvalue weighted by Gasteiger charge is -2.33. The van der Waals surface area contributed by atoms with Crippen molar-refractivity contribution in [3.8, 4) is 6.07 Å². The van der Waals surface area contributed by atoms with E-state index >= 15 is 0 Å². The molecular formula is C26H33ClFN5O. The van der Waals surface area contributed by atoms with Crippen molar-refractivity contribution in [1.82, 2.24) is 15.1 Å². The van der Waals surface area contributed by atoms with Gasteiger partial charge in [0.25, 0.3) is 0 Å². The summed E-state index contributed by atoms with van der Waals surface area (Å²) in [6, 6.07) is 15.6. The van der Waals surface area contributed by atoms with Crippen molar-refractivity contribution in [2.24, 2.45) is 0 Å². The van der Waals surface area contributed by atoms with Crippen molar-refractivity contribution in [1.29, 1.82) is 5.26 Å². The molecule has 34 heavy (non-hydrogen) atoms. The number of benzene rings is 2. The molecule has 0 spiro atoms. The second kappa shape index (κ2) is 12.2. The summed E-state index contributed by atoms with van der Waals surface area (Å²) in [5, 5.41) is 15.7. The van der Waals surface area contributed by atoms with E-state index in [1.54, 1.807) is 6.07 Å². The zero-order valence-corrected chi connectivity index (χ0v) is 20.4. The van der Waals surface area contributed by atoms with E-state index in [2.05, 4.69) is 46.7 Å². The molecule has 1 atom stereocenters. The van der Waals surface area contributed by atoms with Crippen LogP contribution in [0.1, 0.15) is 36.5 Å². The Morgan fingerprint density at radius 1 is 1.15 bits per heavy atom. The van der Waals surface area contributed by atoms with E-state index in [9.17, 15) is 9.18 Å². The van der Waals surface area contributed by atoms with Gasteiger partial charge in [-0.15, -0.1) is 12.4 Å². The van der Waals surface area contributed by atoms with Crippen LogP contribution in [-0.2, 0) is 17.8 Å². The molecule has 8 heteroatoms. The average molecular weight is 486 g/mol. The van der Waals surface area contributed by atoms with E-state index in [-0.39, 0.29) is 29.9 Å². The standard InChI is InChI=1S/C26H32FN5O.ClH/c1-19-17-31(13-10-29-19)18-21-4-2-20(3-5-21)14-26(33)32-11-8-23(9-12-32)30-24-7-6-22(16-28)25(27)15-24;/h2-7,15,19,23,29-30H,8-14,17-18H2,1H3;1H/t19-;/m0./s1. The predicted molar refractivity (Wildman–Crippen MR) is 134 cm³/mol. The highest BCUT2D eigenvalue weighted by Crippen LogP contribution is 2.20. The first-order valence-electron chi connectivity index (χ1n) is 11.8. The van der Waals surface area contributed by atoms with Gasteiger partial charge in [0, 0.05) is 57.0 Å². The van der Waals surface area contributed by atoms with Gasteiger partial charge in [0.1, 0.15) is 11.9 Å². The molecule has 0 radical (unpaired) electrons. The van der Waals surface area contributed by atoms with Crippen LogP contribution in [0.15, 0.2) is 42.5 Å². The Morgan fingerprint density at radius 2 is 1.85 bits per heavy atom. The van der Waals surface area contributed by atoms with E-state index in [1.807, 2.05) is 11.0 Å². The molecule has 2 fully saturated rings. The Morgan fingerprint density at radius 3 is 2.50 bits per heavy atom. The number of hydrogen-bond acceptors (Lipinski definition) is 5. The maximum atomic E-state index is 13.8. The van der Waals surface area contributed by atoms with Gasteiger partial charge < -0.3 is 15.5 Å². The fourth-order valence-electron chi connectivity index (χ4n) is 4.67. The van der Waals surface area contributed by atoms with Gasteiger partial charge in [-0.3, -0.25) is 9.69 Å². The summed E-state index contributed by atoms with van der Waals surface area (Å²) in [5.41, 5.74) is 3.05. The van der Waals surface area contributed by atoms with Crippen LogP contribution in [0.25, 0.3) is 0 Å². The van der Waals surface area contributed by atoms with Gasteiger partial charge in [-0.1, -0.05) is 24.3 Å². The molecule has 0 saturated carbocycles. The maximum Gasteiger partial charge on any atom is 0.226 e. The van der Waals surface area contributed by atoms with Crippen molar-refractivity contribution >= 4 is 24.0 Å². The van der Waals surface area contributed by atoms with Crippen molar-refractivity contribution < 1.29 is 9.18 Å². The van der Waals surface area contributed by atoms with E-state index in [1.165, 1.54) is 17.7 Å². The number of piperidine rings is 1. The second-order valence-electron chi connectivity index (χ2n) is 9.19. The van der Waals surface area contributed by atoms with Gasteiger partial charge in [0.2, 0.25) is 5.91 Å². The highest BCUT2D eigenvalue weighted by Gasteiger charge is 2.23. The van der Waals surface area contributed by atoms with Crippen molar-refractivity contribution in [3.05, 3.63) is 65.0 Å². The number of halogens is 2. The van der Waals surface area contributed by atoms with Gasteiger partial charge in [-0.05, 0) is 49.1 Å².